The van der Waals surface area contributed by atoms with E-state index < -0.39 is 12.2 Å². The maximum Gasteiger partial charge on any atom is 0.134 e. The van der Waals surface area contributed by atoms with Gasteiger partial charge in [-0.05, 0) is 22.0 Å². The third-order valence-corrected chi connectivity index (χ3v) is 2.51. The van der Waals surface area contributed by atoms with Crippen LogP contribution in [0.4, 0.5) is 0 Å². The fourth-order valence-corrected chi connectivity index (χ4v) is 1.55. The van der Waals surface area contributed by atoms with Crippen molar-refractivity contribution in [2.75, 3.05) is 6.54 Å². The highest BCUT2D eigenvalue weighted by Gasteiger charge is 2.20. The maximum atomic E-state index is 9.62. The van der Waals surface area contributed by atoms with Crippen LogP contribution in [-0.2, 0) is 0 Å². The van der Waals surface area contributed by atoms with Gasteiger partial charge in [0.15, 0.2) is 0 Å². The van der Waals surface area contributed by atoms with Crippen LogP contribution >= 0.6 is 27.5 Å². The molecule has 0 amide bonds. The van der Waals surface area contributed by atoms with E-state index in [0.29, 0.717) is 10.0 Å². The number of pyridine rings is 1. The molecule has 0 radical (unpaired) electrons. The maximum absolute atomic E-state index is 9.62. The molecule has 0 aliphatic rings. The van der Waals surface area contributed by atoms with Crippen molar-refractivity contribution in [3.8, 4) is 0 Å². The second-order valence-corrected chi connectivity index (χ2v) is 4.06. The highest BCUT2D eigenvalue weighted by molar-refractivity contribution is 9.10. The fraction of sp³-hybridized carbons (Fsp3) is 0.375. The van der Waals surface area contributed by atoms with E-state index in [1.807, 2.05) is 0 Å². The van der Waals surface area contributed by atoms with Crippen molar-refractivity contribution >= 4 is 27.5 Å². The molecule has 1 heterocycles. The molecule has 1 rings (SSSR count). The van der Waals surface area contributed by atoms with E-state index in [-0.39, 0.29) is 11.7 Å². The van der Waals surface area contributed by atoms with Crippen LogP contribution in [0.5, 0.6) is 0 Å². The quantitative estimate of drug-likeness (QED) is 0.718. The smallest absolute Gasteiger partial charge is 0.134 e. The van der Waals surface area contributed by atoms with Crippen LogP contribution < -0.4 is 5.73 Å². The Morgan fingerprint density at radius 1 is 1.57 bits per heavy atom. The molecule has 4 nitrogen and oxygen atoms in total. The highest BCUT2D eigenvalue weighted by atomic mass is 79.9. The minimum absolute atomic E-state index is 0.0377. The largest absolute Gasteiger partial charge is 0.389 e. The number of halogens is 2. The molecule has 4 N–H and O–H groups in total. The monoisotopic (exact) mass is 280 g/mol. The Kier molecular flexibility index (Phi) is 4.28. The molecule has 0 spiro atoms. The minimum atomic E-state index is -1.11. The molecule has 78 valence electrons. The molecule has 1 aromatic heterocycles. The van der Waals surface area contributed by atoms with Crippen molar-refractivity contribution in [1.29, 1.82) is 0 Å². The lowest BCUT2D eigenvalue weighted by Gasteiger charge is -2.17. The van der Waals surface area contributed by atoms with Gasteiger partial charge < -0.3 is 15.9 Å². The summed E-state index contributed by atoms with van der Waals surface area (Å²) >= 11 is 8.94. The van der Waals surface area contributed by atoms with Crippen LogP contribution in [0.1, 0.15) is 11.7 Å². The Balaban J connectivity index is 2.99. The molecular weight excluding hydrogens is 271 g/mol. The molecule has 0 saturated heterocycles. The molecule has 2 unspecified atom stereocenters. The second-order valence-electron chi connectivity index (χ2n) is 2.78. The number of hydrogen-bond acceptors (Lipinski definition) is 4. The average Bonchev–Trinajstić information content (AvgIpc) is 2.19. The summed E-state index contributed by atoms with van der Waals surface area (Å²) < 4.78 is 0.681. The van der Waals surface area contributed by atoms with Crippen molar-refractivity contribution < 1.29 is 10.2 Å². The van der Waals surface area contributed by atoms with E-state index in [1.54, 1.807) is 6.07 Å². The van der Waals surface area contributed by atoms with Crippen molar-refractivity contribution in [2.45, 2.75) is 12.2 Å². The number of nitrogens with zero attached hydrogens (tertiary/aromatic N) is 1. The summed E-state index contributed by atoms with van der Waals surface area (Å²) in [7, 11) is 0. The van der Waals surface area contributed by atoms with Crippen molar-refractivity contribution in [3.05, 3.63) is 27.5 Å². The first-order chi connectivity index (χ1) is 6.56. The zero-order valence-electron chi connectivity index (χ0n) is 7.19. The van der Waals surface area contributed by atoms with Gasteiger partial charge in [-0.25, -0.2) is 4.98 Å². The molecule has 0 bridgehead atoms. The Morgan fingerprint density at radius 2 is 2.21 bits per heavy atom. The Morgan fingerprint density at radius 3 is 2.79 bits per heavy atom. The lowest BCUT2D eigenvalue weighted by atomic mass is 10.1. The van der Waals surface area contributed by atoms with Gasteiger partial charge in [0.2, 0.25) is 0 Å². The van der Waals surface area contributed by atoms with Crippen LogP contribution in [0.3, 0.4) is 0 Å². The van der Waals surface area contributed by atoms with Gasteiger partial charge in [-0.3, -0.25) is 0 Å². The Hall–Kier alpha value is -0.200. The molecule has 2 atom stereocenters. The van der Waals surface area contributed by atoms with Crippen LogP contribution in [-0.4, -0.2) is 27.8 Å². The lowest BCUT2D eigenvalue weighted by molar-refractivity contribution is 0.0242. The third kappa shape index (κ3) is 2.65. The summed E-state index contributed by atoms with van der Waals surface area (Å²) in [5, 5.41) is 19.1. The number of hydrogen-bond donors (Lipinski definition) is 3. The van der Waals surface area contributed by atoms with E-state index >= 15 is 0 Å². The van der Waals surface area contributed by atoms with Crippen molar-refractivity contribution in [1.82, 2.24) is 4.98 Å². The molecule has 0 saturated carbocycles. The Labute approximate surface area is 94.8 Å². The SMILES string of the molecule is NCC(O)C(O)c1cc(Br)cnc1Cl. The van der Waals surface area contributed by atoms with Gasteiger partial charge in [-0.1, -0.05) is 11.6 Å². The van der Waals surface area contributed by atoms with E-state index in [0.717, 1.165) is 0 Å². The third-order valence-electron chi connectivity index (χ3n) is 1.76. The molecule has 0 aliphatic heterocycles. The normalized spacial score (nSPS) is 15.2. The molecular formula is C8H10BrClN2O2. The number of aliphatic hydroxyl groups excluding tert-OH is 2. The van der Waals surface area contributed by atoms with Crippen molar-refractivity contribution in [3.63, 3.8) is 0 Å². The van der Waals surface area contributed by atoms with Gasteiger partial charge in [0.05, 0.1) is 6.10 Å². The zero-order chi connectivity index (χ0) is 10.7. The predicted octanol–water partition coefficient (Wildman–Crippen LogP) is 0.851. The van der Waals surface area contributed by atoms with Crippen LogP contribution in [0, 0.1) is 0 Å². The first-order valence-electron chi connectivity index (χ1n) is 3.93. The number of aliphatic hydroxyl groups is 2. The average molecular weight is 282 g/mol. The first-order valence-corrected chi connectivity index (χ1v) is 5.10. The lowest BCUT2D eigenvalue weighted by Crippen LogP contribution is -2.27. The number of aromatic nitrogens is 1. The van der Waals surface area contributed by atoms with Crippen molar-refractivity contribution in [2.24, 2.45) is 5.73 Å². The van der Waals surface area contributed by atoms with E-state index in [1.165, 1.54) is 6.20 Å². The van der Waals surface area contributed by atoms with Crippen LogP contribution in [0.2, 0.25) is 5.15 Å². The first kappa shape index (κ1) is 11.9. The van der Waals surface area contributed by atoms with Gasteiger partial charge in [0, 0.05) is 22.8 Å². The molecule has 6 heteroatoms. The molecule has 1 aromatic rings. The molecule has 0 fully saturated rings. The predicted molar refractivity (Wildman–Crippen MR) is 57.0 cm³/mol. The molecule has 14 heavy (non-hydrogen) atoms. The summed E-state index contributed by atoms with van der Waals surface area (Å²) in [6.45, 7) is -0.0377. The summed E-state index contributed by atoms with van der Waals surface area (Å²) in [5.74, 6) is 0. The summed E-state index contributed by atoms with van der Waals surface area (Å²) in [6, 6.07) is 1.60. The summed E-state index contributed by atoms with van der Waals surface area (Å²) in [5.41, 5.74) is 5.57. The number of rotatable bonds is 3. The van der Waals surface area contributed by atoms with E-state index in [2.05, 4.69) is 20.9 Å². The van der Waals surface area contributed by atoms with E-state index in [4.69, 9.17) is 17.3 Å². The Bertz CT molecular complexity index is 324. The number of nitrogens with two attached hydrogens (primary N) is 1. The van der Waals surface area contributed by atoms with Crippen LogP contribution in [0.15, 0.2) is 16.7 Å². The van der Waals surface area contributed by atoms with Gasteiger partial charge in [0.1, 0.15) is 11.3 Å². The summed E-state index contributed by atoms with van der Waals surface area (Å²) in [4.78, 5) is 3.82. The summed E-state index contributed by atoms with van der Waals surface area (Å²) in [6.07, 6.45) is -0.644. The van der Waals surface area contributed by atoms with Gasteiger partial charge in [-0.15, -0.1) is 0 Å². The topological polar surface area (TPSA) is 79.4 Å². The fourth-order valence-electron chi connectivity index (χ4n) is 0.982. The minimum Gasteiger partial charge on any atom is -0.389 e. The van der Waals surface area contributed by atoms with Gasteiger partial charge in [0.25, 0.3) is 0 Å². The van der Waals surface area contributed by atoms with E-state index in [9.17, 15) is 10.2 Å². The molecule has 0 aliphatic carbocycles. The molecule has 0 aromatic carbocycles. The van der Waals surface area contributed by atoms with Gasteiger partial charge >= 0.3 is 0 Å². The highest BCUT2D eigenvalue weighted by Crippen LogP contribution is 2.26. The van der Waals surface area contributed by atoms with Gasteiger partial charge in [-0.2, -0.15) is 0 Å². The zero-order valence-corrected chi connectivity index (χ0v) is 9.53. The standard InChI is InChI=1S/C8H10BrClN2O2/c9-4-1-5(8(10)12-3-4)7(14)6(13)2-11/h1,3,6-7,13-14H,2,11H2. The second kappa shape index (κ2) is 5.04. The van der Waals surface area contributed by atoms with Crippen LogP contribution in [0.25, 0.3) is 0 Å².